The fourth-order valence-electron chi connectivity index (χ4n) is 3.71. The Kier molecular flexibility index (Phi) is 5.82. The van der Waals surface area contributed by atoms with Gasteiger partial charge in [-0.2, -0.15) is 5.10 Å². The van der Waals surface area contributed by atoms with Gasteiger partial charge in [-0.15, -0.1) is 0 Å². The number of aromatic nitrogens is 3. The van der Waals surface area contributed by atoms with Crippen LogP contribution in [0.15, 0.2) is 101 Å². The first-order chi connectivity index (χ1) is 15.0. The average Bonchev–Trinajstić information content (AvgIpc) is 2.80. The summed E-state index contributed by atoms with van der Waals surface area (Å²) in [6.45, 7) is 4.76. The molecule has 1 heterocycles. The summed E-state index contributed by atoms with van der Waals surface area (Å²) in [5.74, 6) is 0. The standard InChI is InChI=1S/C25H25N3O2Si/c1-31(2,22-16-10-5-11-17-22)23-24(29)27(18-20-12-6-3-7-13-20)25(30)28(26-23)19-21-14-8-4-9-15-21/h3-17H,18-19H2,1-2H3. The second-order valence-corrected chi connectivity index (χ2v) is 12.4. The van der Waals surface area contributed by atoms with Gasteiger partial charge in [0.15, 0.2) is 0 Å². The Labute approximate surface area is 182 Å². The fourth-order valence-corrected chi connectivity index (χ4v) is 6.05. The van der Waals surface area contributed by atoms with Gasteiger partial charge in [-0.1, -0.05) is 109 Å². The zero-order chi connectivity index (χ0) is 21.8. The van der Waals surface area contributed by atoms with Crippen LogP contribution in [0.3, 0.4) is 0 Å². The summed E-state index contributed by atoms with van der Waals surface area (Å²) >= 11 is 0. The van der Waals surface area contributed by atoms with Gasteiger partial charge in [0.25, 0.3) is 5.56 Å². The van der Waals surface area contributed by atoms with Crippen LogP contribution in [-0.4, -0.2) is 22.4 Å². The number of hydrogen-bond acceptors (Lipinski definition) is 3. The molecular formula is C25H25N3O2Si. The van der Waals surface area contributed by atoms with Crippen LogP contribution in [0.25, 0.3) is 0 Å². The fraction of sp³-hybridized carbons (Fsp3) is 0.160. The highest BCUT2D eigenvalue weighted by molar-refractivity contribution is 6.99. The number of hydrogen-bond donors (Lipinski definition) is 0. The maximum atomic E-state index is 13.5. The van der Waals surface area contributed by atoms with Gasteiger partial charge < -0.3 is 0 Å². The van der Waals surface area contributed by atoms with Gasteiger partial charge in [-0.05, 0) is 11.1 Å². The Morgan fingerprint density at radius 1 is 0.710 bits per heavy atom. The van der Waals surface area contributed by atoms with Gasteiger partial charge in [0, 0.05) is 0 Å². The van der Waals surface area contributed by atoms with Crippen molar-refractivity contribution in [2.75, 3.05) is 0 Å². The van der Waals surface area contributed by atoms with Crippen molar-refractivity contribution in [3.63, 3.8) is 0 Å². The van der Waals surface area contributed by atoms with Crippen molar-refractivity contribution in [3.05, 3.63) is 123 Å². The Morgan fingerprint density at radius 3 is 1.74 bits per heavy atom. The van der Waals surface area contributed by atoms with Crippen LogP contribution in [0.5, 0.6) is 0 Å². The van der Waals surface area contributed by atoms with E-state index in [0.717, 1.165) is 16.3 Å². The molecule has 4 rings (SSSR count). The summed E-state index contributed by atoms with van der Waals surface area (Å²) in [7, 11) is -2.42. The van der Waals surface area contributed by atoms with Crippen LogP contribution in [0.2, 0.25) is 13.1 Å². The second-order valence-electron chi connectivity index (χ2n) is 8.14. The summed E-state index contributed by atoms with van der Waals surface area (Å²) < 4.78 is 2.77. The summed E-state index contributed by atoms with van der Waals surface area (Å²) in [6.07, 6.45) is 0. The first kappa shape index (κ1) is 20.7. The summed E-state index contributed by atoms with van der Waals surface area (Å²) in [5, 5.41) is 6.25. The molecular weight excluding hydrogens is 402 g/mol. The largest absolute Gasteiger partial charge is 0.348 e. The molecule has 0 aliphatic rings. The van der Waals surface area contributed by atoms with Gasteiger partial charge in [0.1, 0.15) is 13.4 Å². The first-order valence-corrected chi connectivity index (χ1v) is 13.3. The number of benzene rings is 3. The van der Waals surface area contributed by atoms with E-state index in [1.165, 1.54) is 9.25 Å². The Hall–Kier alpha value is -3.51. The van der Waals surface area contributed by atoms with E-state index in [2.05, 4.69) is 18.2 Å². The van der Waals surface area contributed by atoms with Gasteiger partial charge in [-0.3, -0.25) is 9.36 Å². The maximum Gasteiger partial charge on any atom is 0.348 e. The zero-order valence-electron chi connectivity index (χ0n) is 17.7. The quantitative estimate of drug-likeness (QED) is 0.444. The molecule has 5 nitrogen and oxygen atoms in total. The Balaban J connectivity index is 1.90. The highest BCUT2D eigenvalue weighted by Crippen LogP contribution is 2.04. The van der Waals surface area contributed by atoms with Gasteiger partial charge in [0.05, 0.1) is 13.1 Å². The summed E-state index contributed by atoms with van der Waals surface area (Å²) in [4.78, 5) is 26.8. The topological polar surface area (TPSA) is 56.9 Å². The van der Waals surface area contributed by atoms with Gasteiger partial charge >= 0.3 is 5.69 Å². The van der Waals surface area contributed by atoms with Crippen molar-refractivity contribution < 1.29 is 0 Å². The molecule has 1 aromatic heterocycles. The van der Waals surface area contributed by atoms with E-state index in [9.17, 15) is 9.59 Å². The van der Waals surface area contributed by atoms with Crippen molar-refractivity contribution >= 4 is 18.6 Å². The minimum absolute atomic E-state index is 0.224. The lowest BCUT2D eigenvalue weighted by atomic mass is 10.2. The van der Waals surface area contributed by atoms with Crippen molar-refractivity contribution in [1.82, 2.24) is 14.3 Å². The van der Waals surface area contributed by atoms with E-state index >= 15 is 0 Å². The zero-order valence-corrected chi connectivity index (χ0v) is 18.7. The lowest BCUT2D eigenvalue weighted by Gasteiger charge is -2.23. The molecule has 0 saturated carbocycles. The molecule has 0 spiro atoms. The van der Waals surface area contributed by atoms with Crippen molar-refractivity contribution in [2.45, 2.75) is 26.2 Å². The predicted molar refractivity (Wildman–Crippen MR) is 127 cm³/mol. The molecule has 4 aromatic rings. The van der Waals surface area contributed by atoms with E-state index in [-0.39, 0.29) is 17.8 Å². The van der Waals surface area contributed by atoms with Crippen molar-refractivity contribution in [2.24, 2.45) is 0 Å². The average molecular weight is 428 g/mol. The van der Waals surface area contributed by atoms with Crippen LogP contribution in [0, 0.1) is 0 Å². The first-order valence-electron chi connectivity index (χ1n) is 10.3. The van der Waals surface area contributed by atoms with E-state index in [4.69, 9.17) is 0 Å². The minimum atomic E-state index is -2.42. The minimum Gasteiger partial charge on any atom is -0.268 e. The van der Waals surface area contributed by atoms with Crippen molar-refractivity contribution in [1.29, 1.82) is 0 Å². The van der Waals surface area contributed by atoms with Gasteiger partial charge in [-0.25, -0.2) is 9.48 Å². The molecule has 0 saturated heterocycles. The molecule has 0 aliphatic heterocycles. The number of rotatable bonds is 6. The predicted octanol–water partition coefficient (Wildman–Crippen LogP) is 2.32. The molecule has 0 bridgehead atoms. The van der Waals surface area contributed by atoms with Gasteiger partial charge in [0.2, 0.25) is 0 Å². The van der Waals surface area contributed by atoms with E-state index in [0.29, 0.717) is 11.9 Å². The van der Waals surface area contributed by atoms with Crippen LogP contribution < -0.4 is 21.8 Å². The highest BCUT2D eigenvalue weighted by Gasteiger charge is 2.33. The molecule has 0 N–H and O–H groups in total. The Bertz CT molecular complexity index is 1280. The molecule has 0 atom stereocenters. The molecule has 31 heavy (non-hydrogen) atoms. The van der Waals surface area contributed by atoms with Crippen LogP contribution in [0.4, 0.5) is 0 Å². The molecule has 0 unspecified atom stereocenters. The molecule has 0 amide bonds. The molecule has 0 fully saturated rings. The van der Waals surface area contributed by atoms with E-state index in [1.807, 2.05) is 91.0 Å². The lowest BCUT2D eigenvalue weighted by molar-refractivity contribution is 0.550. The molecule has 0 radical (unpaired) electrons. The highest BCUT2D eigenvalue weighted by atomic mass is 28.3. The van der Waals surface area contributed by atoms with E-state index < -0.39 is 8.07 Å². The van der Waals surface area contributed by atoms with Crippen LogP contribution >= 0.6 is 0 Å². The van der Waals surface area contributed by atoms with Crippen molar-refractivity contribution in [3.8, 4) is 0 Å². The molecule has 0 aliphatic carbocycles. The number of nitrogens with zero attached hydrogens (tertiary/aromatic N) is 3. The lowest BCUT2D eigenvalue weighted by Crippen LogP contribution is -2.65. The third-order valence-electron chi connectivity index (χ3n) is 5.57. The normalized spacial score (nSPS) is 11.4. The van der Waals surface area contributed by atoms with Crippen LogP contribution in [-0.2, 0) is 13.1 Å². The molecule has 3 aromatic carbocycles. The SMILES string of the molecule is C[Si](C)(c1ccccc1)c1nn(Cc2ccccc2)c(=O)n(Cc2ccccc2)c1=O. The third-order valence-corrected chi connectivity index (χ3v) is 8.84. The molecule has 6 heteroatoms. The Morgan fingerprint density at radius 2 is 1.19 bits per heavy atom. The van der Waals surface area contributed by atoms with Crippen LogP contribution in [0.1, 0.15) is 11.1 Å². The monoisotopic (exact) mass is 427 g/mol. The summed E-state index contributed by atoms with van der Waals surface area (Å²) in [6, 6.07) is 29.3. The summed E-state index contributed by atoms with van der Waals surface area (Å²) in [5.41, 5.74) is 1.19. The smallest absolute Gasteiger partial charge is 0.268 e. The maximum absolute atomic E-state index is 13.5. The third kappa shape index (κ3) is 4.34. The van der Waals surface area contributed by atoms with E-state index in [1.54, 1.807) is 0 Å². The molecule has 156 valence electrons. The second kappa shape index (κ2) is 8.69.